The average molecular weight is 298 g/mol. The van der Waals surface area contributed by atoms with E-state index in [1.165, 1.54) is 0 Å². The molecular weight excluding hydrogens is 284 g/mol. The summed E-state index contributed by atoms with van der Waals surface area (Å²) in [6.45, 7) is 0. The Bertz CT molecular complexity index is 864. The van der Waals surface area contributed by atoms with Crippen LogP contribution >= 0.6 is 0 Å². The van der Waals surface area contributed by atoms with Crippen LogP contribution in [0.25, 0.3) is 0 Å². The van der Waals surface area contributed by atoms with Crippen molar-refractivity contribution in [2.24, 2.45) is 0 Å². The number of terminal acetylenes is 1. The monoisotopic (exact) mass is 298 g/mol. The number of carbonyl (C=O) groups excluding carboxylic acids is 1. The van der Waals surface area contributed by atoms with Gasteiger partial charge in [0.2, 0.25) is 0 Å². The van der Waals surface area contributed by atoms with Crippen LogP contribution in [0.5, 0.6) is 0 Å². The summed E-state index contributed by atoms with van der Waals surface area (Å²) in [6, 6.07) is 19.1. The van der Waals surface area contributed by atoms with Gasteiger partial charge in [-0.1, -0.05) is 54.5 Å². The molecule has 0 unspecified atom stereocenters. The number of benzene rings is 2. The lowest BCUT2D eigenvalue weighted by atomic mass is 9.71. The number of furan rings is 1. The van der Waals surface area contributed by atoms with E-state index in [0.29, 0.717) is 0 Å². The standard InChI is InChI=1S/C21H14O2/c1-2-14(19-12-7-13-23-19)20-15-8-3-5-10-17(15)21(22)18-11-6-4-9-16(18)20/h1,3-14,20H/t14-/m0/s1. The van der Waals surface area contributed by atoms with Crippen LogP contribution in [-0.2, 0) is 0 Å². The van der Waals surface area contributed by atoms with Crippen LogP contribution in [0.4, 0.5) is 0 Å². The third kappa shape index (κ3) is 2.02. The number of fused-ring (bicyclic) bond motifs is 2. The van der Waals surface area contributed by atoms with Crippen LogP contribution in [0.1, 0.15) is 44.6 Å². The van der Waals surface area contributed by atoms with E-state index in [1.54, 1.807) is 6.26 Å². The Hall–Kier alpha value is -3.05. The molecule has 1 heterocycles. The summed E-state index contributed by atoms with van der Waals surface area (Å²) in [7, 11) is 0. The second-order valence-corrected chi connectivity index (χ2v) is 5.64. The molecule has 0 N–H and O–H groups in total. The van der Waals surface area contributed by atoms with E-state index in [2.05, 4.69) is 5.92 Å². The van der Waals surface area contributed by atoms with Crippen molar-refractivity contribution >= 4 is 5.78 Å². The first-order valence-corrected chi connectivity index (χ1v) is 7.53. The molecule has 0 amide bonds. The van der Waals surface area contributed by atoms with Gasteiger partial charge in [-0.25, -0.2) is 0 Å². The fourth-order valence-corrected chi connectivity index (χ4v) is 3.43. The Labute approximate surface area is 134 Å². The Morgan fingerprint density at radius 1 is 0.913 bits per heavy atom. The fourth-order valence-electron chi connectivity index (χ4n) is 3.43. The minimum atomic E-state index is -0.250. The van der Waals surface area contributed by atoms with Gasteiger partial charge in [0.05, 0.1) is 12.2 Å². The number of ketones is 1. The molecule has 0 spiro atoms. The number of carbonyl (C=O) groups is 1. The zero-order valence-electron chi connectivity index (χ0n) is 12.4. The molecule has 4 rings (SSSR count). The predicted octanol–water partition coefficient (Wildman–Crippen LogP) is 4.37. The summed E-state index contributed by atoms with van der Waals surface area (Å²) >= 11 is 0. The Morgan fingerprint density at radius 2 is 1.52 bits per heavy atom. The highest BCUT2D eigenvalue weighted by Gasteiger charge is 2.36. The highest BCUT2D eigenvalue weighted by molar-refractivity contribution is 6.12. The molecule has 1 aromatic heterocycles. The van der Waals surface area contributed by atoms with Crippen LogP contribution < -0.4 is 0 Å². The fraction of sp³-hybridized carbons (Fsp3) is 0.0952. The second kappa shape index (κ2) is 5.30. The molecule has 110 valence electrons. The number of hydrogen-bond donors (Lipinski definition) is 0. The maximum atomic E-state index is 12.8. The van der Waals surface area contributed by atoms with E-state index < -0.39 is 0 Å². The molecule has 1 aliphatic carbocycles. The molecule has 3 aromatic rings. The molecule has 1 atom stereocenters. The van der Waals surface area contributed by atoms with Crippen LogP contribution in [0.3, 0.4) is 0 Å². The van der Waals surface area contributed by atoms with Gasteiger partial charge in [-0.05, 0) is 23.3 Å². The van der Waals surface area contributed by atoms with E-state index in [1.807, 2.05) is 60.7 Å². The molecule has 2 heteroatoms. The van der Waals surface area contributed by atoms with E-state index in [9.17, 15) is 4.79 Å². The van der Waals surface area contributed by atoms with Crippen molar-refractivity contribution < 1.29 is 9.21 Å². The van der Waals surface area contributed by atoms with Crippen molar-refractivity contribution in [1.29, 1.82) is 0 Å². The smallest absolute Gasteiger partial charge is 0.193 e. The topological polar surface area (TPSA) is 30.2 Å². The van der Waals surface area contributed by atoms with Gasteiger partial charge in [0.25, 0.3) is 0 Å². The Balaban J connectivity index is 1.98. The van der Waals surface area contributed by atoms with E-state index >= 15 is 0 Å². The van der Waals surface area contributed by atoms with Crippen LogP contribution in [0.15, 0.2) is 71.3 Å². The van der Waals surface area contributed by atoms with Gasteiger partial charge in [-0.2, -0.15) is 0 Å². The zero-order chi connectivity index (χ0) is 15.8. The first kappa shape index (κ1) is 13.6. The molecule has 2 nitrogen and oxygen atoms in total. The molecule has 0 saturated heterocycles. The molecule has 1 aliphatic rings. The van der Waals surface area contributed by atoms with Crippen molar-refractivity contribution in [2.75, 3.05) is 0 Å². The Kier molecular flexibility index (Phi) is 3.13. The molecule has 2 aromatic carbocycles. The van der Waals surface area contributed by atoms with Crippen LogP contribution in [0.2, 0.25) is 0 Å². The van der Waals surface area contributed by atoms with Gasteiger partial charge in [0.15, 0.2) is 5.78 Å². The lowest BCUT2D eigenvalue weighted by Gasteiger charge is -2.30. The van der Waals surface area contributed by atoms with E-state index in [0.717, 1.165) is 28.0 Å². The summed E-state index contributed by atoms with van der Waals surface area (Å²) in [5, 5.41) is 0. The molecule has 23 heavy (non-hydrogen) atoms. The molecule has 0 saturated carbocycles. The van der Waals surface area contributed by atoms with Crippen molar-refractivity contribution in [3.8, 4) is 12.3 Å². The molecule has 0 aliphatic heterocycles. The quantitative estimate of drug-likeness (QED) is 0.657. The van der Waals surface area contributed by atoms with Gasteiger partial charge >= 0.3 is 0 Å². The Morgan fingerprint density at radius 3 is 2.04 bits per heavy atom. The summed E-state index contributed by atoms with van der Waals surface area (Å²) < 4.78 is 5.57. The lowest BCUT2D eigenvalue weighted by molar-refractivity contribution is 0.103. The van der Waals surface area contributed by atoms with E-state index in [4.69, 9.17) is 10.8 Å². The first-order valence-electron chi connectivity index (χ1n) is 7.53. The lowest BCUT2D eigenvalue weighted by Crippen LogP contribution is -2.23. The molecular formula is C21H14O2. The largest absolute Gasteiger partial charge is 0.468 e. The average Bonchev–Trinajstić information content (AvgIpc) is 3.13. The highest BCUT2D eigenvalue weighted by atomic mass is 16.3. The first-order chi connectivity index (χ1) is 11.3. The highest BCUT2D eigenvalue weighted by Crippen LogP contribution is 2.44. The zero-order valence-corrected chi connectivity index (χ0v) is 12.4. The van der Waals surface area contributed by atoms with Gasteiger partial charge in [-0.3, -0.25) is 4.79 Å². The van der Waals surface area contributed by atoms with Crippen LogP contribution in [0, 0.1) is 12.3 Å². The van der Waals surface area contributed by atoms with Gasteiger partial charge in [-0.15, -0.1) is 6.42 Å². The molecule has 0 fully saturated rings. The summed E-state index contributed by atoms with van der Waals surface area (Å²) in [4.78, 5) is 12.8. The van der Waals surface area contributed by atoms with Gasteiger partial charge in [0, 0.05) is 17.0 Å². The van der Waals surface area contributed by atoms with Crippen LogP contribution in [-0.4, -0.2) is 5.78 Å². The number of hydrogen-bond acceptors (Lipinski definition) is 2. The third-order valence-corrected chi connectivity index (χ3v) is 4.44. The summed E-state index contributed by atoms with van der Waals surface area (Å²) in [6.07, 6.45) is 7.48. The third-order valence-electron chi connectivity index (χ3n) is 4.44. The number of rotatable bonds is 2. The van der Waals surface area contributed by atoms with E-state index in [-0.39, 0.29) is 17.6 Å². The molecule has 0 bridgehead atoms. The maximum Gasteiger partial charge on any atom is 0.193 e. The maximum absolute atomic E-state index is 12.8. The van der Waals surface area contributed by atoms with Crippen molar-refractivity contribution in [2.45, 2.75) is 11.8 Å². The predicted molar refractivity (Wildman–Crippen MR) is 88.4 cm³/mol. The molecule has 0 radical (unpaired) electrons. The van der Waals surface area contributed by atoms with Crippen molar-refractivity contribution in [3.63, 3.8) is 0 Å². The minimum absolute atomic E-state index is 0.0580. The van der Waals surface area contributed by atoms with Gasteiger partial charge in [0.1, 0.15) is 5.76 Å². The summed E-state index contributed by atoms with van der Waals surface area (Å²) in [5.74, 6) is 3.33. The van der Waals surface area contributed by atoms with Crippen molar-refractivity contribution in [1.82, 2.24) is 0 Å². The summed E-state index contributed by atoms with van der Waals surface area (Å²) in [5.41, 5.74) is 3.39. The minimum Gasteiger partial charge on any atom is -0.468 e. The van der Waals surface area contributed by atoms with Gasteiger partial charge < -0.3 is 4.42 Å². The van der Waals surface area contributed by atoms with Crippen molar-refractivity contribution in [3.05, 3.63) is 94.9 Å². The second-order valence-electron chi connectivity index (χ2n) is 5.64. The SMILES string of the molecule is C#C[C@@H](c1ccco1)C1c2ccccc2C(=O)c2ccccc21. The normalized spacial score (nSPS) is 14.7.